The van der Waals surface area contributed by atoms with Crippen molar-refractivity contribution >= 4 is 33.7 Å². The van der Waals surface area contributed by atoms with Crippen molar-refractivity contribution in [1.29, 1.82) is 0 Å². The smallest absolute Gasteiger partial charge is 0.276 e. The van der Waals surface area contributed by atoms with Crippen molar-refractivity contribution in [3.63, 3.8) is 0 Å². The zero-order valence-corrected chi connectivity index (χ0v) is 8.34. The second kappa shape index (κ2) is 2.96. The predicted molar refractivity (Wildman–Crippen MR) is 55.1 cm³/mol. The summed E-state index contributed by atoms with van der Waals surface area (Å²) in [5, 5.41) is 0. The molecule has 0 aliphatic carbocycles. The number of halogens is 1. The second-order valence-corrected chi connectivity index (χ2v) is 3.71. The molecule has 1 aliphatic heterocycles. The Bertz CT molecular complexity index is 412. The number of anilines is 1. The Kier molecular flexibility index (Phi) is 1.92. The fourth-order valence-corrected chi connectivity index (χ4v) is 1.64. The first-order chi connectivity index (χ1) is 6.18. The molecule has 0 bridgehead atoms. The molecule has 0 fully saturated rings. The molecule has 0 saturated carbocycles. The summed E-state index contributed by atoms with van der Waals surface area (Å²) in [7, 11) is 0. The Balaban J connectivity index is 2.63. The van der Waals surface area contributed by atoms with Crippen molar-refractivity contribution in [2.75, 3.05) is 5.73 Å². The topological polar surface area (TPSA) is 55.5 Å². The van der Waals surface area contributed by atoms with Gasteiger partial charge in [-0.3, -0.25) is 4.79 Å². The number of nitrogens with zero attached hydrogens (tertiary/aromatic N) is 1. The minimum Gasteiger partial charge on any atom is -0.398 e. The van der Waals surface area contributed by atoms with E-state index in [4.69, 9.17) is 5.73 Å². The number of amides is 1. The van der Waals surface area contributed by atoms with Crippen LogP contribution in [0, 0.1) is 0 Å². The molecule has 1 aliphatic rings. The number of aliphatic imine (C=N–C) groups is 1. The molecule has 0 atom stereocenters. The molecule has 0 radical (unpaired) electrons. The zero-order valence-electron chi connectivity index (χ0n) is 6.75. The van der Waals surface area contributed by atoms with Gasteiger partial charge in [0, 0.05) is 28.4 Å². The molecular weight excluding hydrogens is 232 g/mol. The highest BCUT2D eigenvalue weighted by atomic mass is 79.9. The van der Waals surface area contributed by atoms with Crippen LogP contribution in [0.3, 0.4) is 0 Å². The molecule has 66 valence electrons. The van der Waals surface area contributed by atoms with Crippen molar-refractivity contribution in [3.05, 3.63) is 27.7 Å². The average Bonchev–Trinajstić information content (AvgIpc) is 2.09. The van der Waals surface area contributed by atoms with E-state index in [0.29, 0.717) is 17.7 Å². The summed E-state index contributed by atoms with van der Waals surface area (Å²) in [4.78, 5) is 15.0. The number of rotatable bonds is 0. The molecule has 1 amide bonds. The van der Waals surface area contributed by atoms with E-state index in [2.05, 4.69) is 20.9 Å². The molecule has 0 unspecified atom stereocenters. The highest BCUT2D eigenvalue weighted by molar-refractivity contribution is 9.10. The minimum atomic E-state index is -0.193. The quantitative estimate of drug-likeness (QED) is 0.701. The number of fused-ring (bicyclic) bond motifs is 1. The van der Waals surface area contributed by atoms with Crippen LogP contribution < -0.4 is 5.73 Å². The summed E-state index contributed by atoms with van der Waals surface area (Å²) in [5.74, 6) is -0.193. The number of hydrogen-bond donors (Lipinski definition) is 1. The highest BCUT2D eigenvalue weighted by Gasteiger charge is 2.15. The Morgan fingerprint density at radius 1 is 1.46 bits per heavy atom. The van der Waals surface area contributed by atoms with Crippen LogP contribution >= 0.6 is 15.9 Å². The summed E-state index contributed by atoms with van der Waals surface area (Å²) in [5.41, 5.74) is 7.93. The molecule has 0 spiro atoms. The monoisotopic (exact) mass is 238 g/mol. The van der Waals surface area contributed by atoms with E-state index in [1.54, 1.807) is 12.3 Å². The van der Waals surface area contributed by atoms with Crippen LogP contribution in [0.4, 0.5) is 5.69 Å². The number of nitrogens with two attached hydrogens (primary N) is 1. The summed E-state index contributed by atoms with van der Waals surface area (Å²) >= 11 is 3.27. The first kappa shape index (κ1) is 8.44. The van der Waals surface area contributed by atoms with E-state index in [9.17, 15) is 4.79 Å². The van der Waals surface area contributed by atoms with Crippen LogP contribution in [0.15, 0.2) is 21.6 Å². The molecule has 0 aromatic heterocycles. The predicted octanol–water partition coefficient (Wildman–Crippen LogP) is 1.80. The molecule has 3 nitrogen and oxygen atoms in total. The van der Waals surface area contributed by atoms with Crippen molar-refractivity contribution in [2.45, 2.75) is 6.42 Å². The average molecular weight is 239 g/mol. The number of nitrogen functional groups attached to an aromatic ring is 1. The Morgan fingerprint density at radius 2 is 2.23 bits per heavy atom. The van der Waals surface area contributed by atoms with E-state index >= 15 is 0 Å². The van der Waals surface area contributed by atoms with Gasteiger partial charge in [-0.1, -0.05) is 0 Å². The minimum absolute atomic E-state index is 0.193. The Morgan fingerprint density at radius 3 is 3.00 bits per heavy atom. The highest BCUT2D eigenvalue weighted by Crippen LogP contribution is 2.26. The lowest BCUT2D eigenvalue weighted by atomic mass is 10.0. The summed E-state index contributed by atoms with van der Waals surface area (Å²) in [6.07, 6.45) is 2.29. The molecule has 2 rings (SSSR count). The van der Waals surface area contributed by atoms with Gasteiger partial charge >= 0.3 is 0 Å². The van der Waals surface area contributed by atoms with Gasteiger partial charge in [0.25, 0.3) is 5.91 Å². The lowest BCUT2D eigenvalue weighted by Gasteiger charge is -2.10. The molecule has 1 aromatic carbocycles. The normalized spacial score (nSPS) is 14.4. The number of carbonyl (C=O) groups excluding carboxylic acids is 1. The van der Waals surface area contributed by atoms with Crippen LogP contribution in [-0.4, -0.2) is 12.1 Å². The lowest BCUT2D eigenvalue weighted by Crippen LogP contribution is -2.09. The third-order valence-electron chi connectivity index (χ3n) is 1.97. The summed E-state index contributed by atoms with van der Waals surface area (Å²) in [6, 6.07) is 3.53. The van der Waals surface area contributed by atoms with Gasteiger partial charge in [0.05, 0.1) is 0 Å². The van der Waals surface area contributed by atoms with Crippen LogP contribution in [0.5, 0.6) is 0 Å². The maximum Gasteiger partial charge on any atom is 0.276 e. The van der Waals surface area contributed by atoms with Gasteiger partial charge in [-0.25, -0.2) is 4.99 Å². The SMILES string of the molecule is Nc1cc2c(cc1Br)C(=O)N=CC2. The van der Waals surface area contributed by atoms with E-state index < -0.39 is 0 Å². The van der Waals surface area contributed by atoms with Gasteiger partial charge in [0.2, 0.25) is 0 Å². The molecule has 1 aromatic rings. The van der Waals surface area contributed by atoms with Crippen LogP contribution in [0.2, 0.25) is 0 Å². The Hall–Kier alpha value is -1.16. The largest absolute Gasteiger partial charge is 0.398 e. The van der Waals surface area contributed by atoms with Crippen molar-refractivity contribution in [3.8, 4) is 0 Å². The first-order valence-electron chi connectivity index (χ1n) is 3.83. The molecule has 2 N–H and O–H groups in total. The Labute approximate surface area is 83.8 Å². The summed E-state index contributed by atoms with van der Waals surface area (Å²) in [6.45, 7) is 0. The lowest BCUT2D eigenvalue weighted by molar-refractivity contribution is 0.100. The molecule has 1 heterocycles. The maximum atomic E-state index is 11.3. The second-order valence-electron chi connectivity index (χ2n) is 2.85. The number of benzene rings is 1. The van der Waals surface area contributed by atoms with Gasteiger partial charge < -0.3 is 5.73 Å². The third-order valence-corrected chi connectivity index (χ3v) is 2.66. The van der Waals surface area contributed by atoms with Crippen LogP contribution in [0.1, 0.15) is 15.9 Å². The number of carbonyl (C=O) groups is 1. The van der Waals surface area contributed by atoms with E-state index in [-0.39, 0.29) is 5.91 Å². The van der Waals surface area contributed by atoms with Crippen LogP contribution in [0.25, 0.3) is 0 Å². The van der Waals surface area contributed by atoms with Gasteiger partial charge in [-0.2, -0.15) is 0 Å². The maximum absolute atomic E-state index is 11.3. The van der Waals surface area contributed by atoms with Crippen molar-refractivity contribution in [1.82, 2.24) is 0 Å². The van der Waals surface area contributed by atoms with Gasteiger partial charge in [0.15, 0.2) is 0 Å². The fourth-order valence-electron chi connectivity index (χ4n) is 1.30. The summed E-state index contributed by atoms with van der Waals surface area (Å²) < 4.78 is 0.747. The van der Waals surface area contributed by atoms with E-state index in [1.165, 1.54) is 0 Å². The molecule has 13 heavy (non-hydrogen) atoms. The molecule has 4 heteroatoms. The number of hydrogen-bond acceptors (Lipinski definition) is 2. The molecular formula is C9H7BrN2O. The van der Waals surface area contributed by atoms with Crippen molar-refractivity contribution < 1.29 is 4.79 Å². The fraction of sp³-hybridized carbons (Fsp3) is 0.111. The molecule has 0 saturated heterocycles. The van der Waals surface area contributed by atoms with E-state index in [0.717, 1.165) is 10.0 Å². The third kappa shape index (κ3) is 1.37. The van der Waals surface area contributed by atoms with E-state index in [1.807, 2.05) is 6.07 Å². The van der Waals surface area contributed by atoms with Gasteiger partial charge in [0.1, 0.15) is 0 Å². The van der Waals surface area contributed by atoms with Crippen molar-refractivity contribution in [2.24, 2.45) is 4.99 Å². The van der Waals surface area contributed by atoms with Crippen LogP contribution in [-0.2, 0) is 6.42 Å². The van der Waals surface area contributed by atoms with Gasteiger partial charge in [-0.15, -0.1) is 0 Å². The zero-order chi connectivity index (χ0) is 9.42. The van der Waals surface area contributed by atoms with Gasteiger partial charge in [-0.05, 0) is 33.6 Å². The first-order valence-corrected chi connectivity index (χ1v) is 4.62. The standard InChI is InChI=1S/C9H7BrN2O/c10-7-4-6-5(3-8(7)11)1-2-12-9(6)13/h2-4H,1,11H2.